The number of aryl methyl sites for hydroxylation is 1. The lowest BCUT2D eigenvalue weighted by Crippen LogP contribution is -2.25. The fraction of sp³-hybridized carbons (Fsp3) is 0.385. The van der Waals surface area contributed by atoms with Crippen LogP contribution in [0.3, 0.4) is 0 Å². The van der Waals surface area contributed by atoms with Crippen LogP contribution < -0.4 is 4.90 Å². The van der Waals surface area contributed by atoms with Crippen LogP contribution in [-0.4, -0.2) is 18.7 Å². The number of benzene rings is 1. The third-order valence-electron chi connectivity index (χ3n) is 3.04. The lowest BCUT2D eigenvalue weighted by Gasteiger charge is -2.15. The number of fused-ring (bicyclic) bond motifs is 1. The van der Waals surface area contributed by atoms with Gasteiger partial charge in [-0.3, -0.25) is 4.79 Å². The van der Waals surface area contributed by atoms with Crippen LogP contribution in [0.5, 0.6) is 0 Å². The Labute approximate surface area is 95.1 Å². The molecule has 1 aliphatic rings. The second-order valence-electron chi connectivity index (χ2n) is 4.04. The molecule has 0 aliphatic carbocycles. The summed E-state index contributed by atoms with van der Waals surface area (Å²) in [6, 6.07) is 5.99. The summed E-state index contributed by atoms with van der Waals surface area (Å²) in [6.45, 7) is 2.36. The molecule has 1 amide bonds. The molecule has 0 fully saturated rings. The van der Waals surface area contributed by atoms with Crippen LogP contribution >= 0.6 is 0 Å². The van der Waals surface area contributed by atoms with E-state index >= 15 is 0 Å². The van der Waals surface area contributed by atoms with E-state index in [2.05, 4.69) is 0 Å². The molecular weight excluding hydrogens is 202 g/mol. The average Bonchev–Trinajstić information content (AvgIpc) is 2.70. The highest BCUT2D eigenvalue weighted by atomic mass is 16.2. The van der Waals surface area contributed by atoms with E-state index in [0.717, 1.165) is 31.4 Å². The van der Waals surface area contributed by atoms with Crippen molar-refractivity contribution >= 4 is 17.9 Å². The third kappa shape index (κ3) is 1.85. The Morgan fingerprint density at radius 3 is 3.00 bits per heavy atom. The molecule has 1 aliphatic heterocycles. The molecule has 0 bridgehead atoms. The van der Waals surface area contributed by atoms with Crippen molar-refractivity contribution in [3.05, 3.63) is 29.3 Å². The molecule has 0 aromatic heterocycles. The molecule has 84 valence electrons. The lowest BCUT2D eigenvalue weighted by molar-refractivity contribution is -0.116. The van der Waals surface area contributed by atoms with E-state index in [-0.39, 0.29) is 5.91 Å². The Morgan fingerprint density at radius 2 is 2.31 bits per heavy atom. The first-order valence-corrected chi connectivity index (χ1v) is 5.56. The maximum atomic E-state index is 11.4. The minimum absolute atomic E-state index is 0.0892. The van der Waals surface area contributed by atoms with Crippen molar-refractivity contribution in [2.24, 2.45) is 0 Å². The maximum Gasteiger partial charge on any atom is 0.223 e. The largest absolute Gasteiger partial charge is 0.312 e. The average molecular weight is 217 g/mol. The zero-order chi connectivity index (χ0) is 11.5. The number of carbonyl (C=O) groups excluding carboxylic acids is 2. The molecule has 0 saturated heterocycles. The first-order valence-electron chi connectivity index (χ1n) is 5.56. The quantitative estimate of drug-likeness (QED) is 0.723. The number of nitrogens with zero attached hydrogens (tertiary/aromatic N) is 1. The molecule has 0 spiro atoms. The van der Waals surface area contributed by atoms with Crippen LogP contribution in [-0.2, 0) is 22.4 Å². The minimum Gasteiger partial charge on any atom is -0.312 e. The topological polar surface area (TPSA) is 37.4 Å². The van der Waals surface area contributed by atoms with Gasteiger partial charge in [0.25, 0.3) is 0 Å². The number of hydrogen-bond acceptors (Lipinski definition) is 2. The van der Waals surface area contributed by atoms with Gasteiger partial charge in [-0.15, -0.1) is 0 Å². The van der Waals surface area contributed by atoms with Crippen LogP contribution in [0.15, 0.2) is 18.2 Å². The fourth-order valence-electron chi connectivity index (χ4n) is 2.28. The van der Waals surface area contributed by atoms with E-state index in [9.17, 15) is 9.59 Å². The van der Waals surface area contributed by atoms with Gasteiger partial charge in [0.1, 0.15) is 6.29 Å². The zero-order valence-electron chi connectivity index (χ0n) is 9.40. The predicted molar refractivity (Wildman–Crippen MR) is 62.6 cm³/mol. The molecule has 0 radical (unpaired) electrons. The molecule has 3 nitrogen and oxygen atoms in total. The van der Waals surface area contributed by atoms with Crippen molar-refractivity contribution in [2.45, 2.75) is 26.2 Å². The van der Waals surface area contributed by atoms with Gasteiger partial charge in [-0.05, 0) is 30.0 Å². The van der Waals surface area contributed by atoms with Crippen molar-refractivity contribution in [2.75, 3.05) is 11.4 Å². The SMILES string of the molecule is CC(=O)N1CCc2c(CCC=O)cccc21. The zero-order valence-corrected chi connectivity index (χ0v) is 9.40. The van der Waals surface area contributed by atoms with E-state index in [1.165, 1.54) is 11.1 Å². The summed E-state index contributed by atoms with van der Waals surface area (Å²) in [7, 11) is 0. The fourth-order valence-corrected chi connectivity index (χ4v) is 2.28. The normalized spacial score (nSPS) is 13.7. The van der Waals surface area contributed by atoms with Gasteiger partial charge in [-0.25, -0.2) is 0 Å². The summed E-state index contributed by atoms with van der Waals surface area (Å²) in [4.78, 5) is 23.6. The molecule has 0 atom stereocenters. The standard InChI is InChI=1S/C13H15NO2/c1-10(16)14-8-7-12-11(5-3-9-15)4-2-6-13(12)14/h2,4,6,9H,3,5,7-8H2,1H3. The van der Waals surface area contributed by atoms with Crippen LogP contribution in [0.25, 0.3) is 0 Å². The number of aldehydes is 1. The van der Waals surface area contributed by atoms with Crippen molar-refractivity contribution in [1.29, 1.82) is 0 Å². The first-order chi connectivity index (χ1) is 7.74. The molecule has 0 saturated carbocycles. The Balaban J connectivity index is 2.32. The summed E-state index contributed by atoms with van der Waals surface area (Å²) in [5.41, 5.74) is 3.46. The second kappa shape index (κ2) is 4.47. The van der Waals surface area contributed by atoms with E-state index in [4.69, 9.17) is 0 Å². The molecule has 16 heavy (non-hydrogen) atoms. The first kappa shape index (κ1) is 10.9. The van der Waals surface area contributed by atoms with Gasteiger partial charge in [-0.1, -0.05) is 12.1 Å². The lowest BCUT2D eigenvalue weighted by atomic mass is 10.0. The van der Waals surface area contributed by atoms with Gasteiger partial charge in [0, 0.05) is 25.6 Å². The Bertz CT molecular complexity index is 426. The summed E-state index contributed by atoms with van der Waals surface area (Å²) in [5.74, 6) is 0.0892. The van der Waals surface area contributed by atoms with Crippen LogP contribution in [0.2, 0.25) is 0 Å². The third-order valence-corrected chi connectivity index (χ3v) is 3.04. The van der Waals surface area contributed by atoms with Crippen LogP contribution in [0.4, 0.5) is 5.69 Å². The molecule has 0 N–H and O–H groups in total. The molecule has 1 heterocycles. The van der Waals surface area contributed by atoms with E-state index < -0.39 is 0 Å². The molecule has 1 aromatic carbocycles. The van der Waals surface area contributed by atoms with Gasteiger partial charge in [0.05, 0.1) is 0 Å². The van der Waals surface area contributed by atoms with Crippen molar-refractivity contribution in [1.82, 2.24) is 0 Å². The summed E-state index contributed by atoms with van der Waals surface area (Å²) in [5, 5.41) is 0. The smallest absolute Gasteiger partial charge is 0.223 e. The molecule has 0 unspecified atom stereocenters. The highest BCUT2D eigenvalue weighted by Crippen LogP contribution is 2.31. The van der Waals surface area contributed by atoms with Crippen LogP contribution in [0, 0.1) is 0 Å². The summed E-state index contributed by atoms with van der Waals surface area (Å²) >= 11 is 0. The van der Waals surface area contributed by atoms with Gasteiger partial charge < -0.3 is 9.69 Å². The Hall–Kier alpha value is -1.64. The van der Waals surface area contributed by atoms with Gasteiger partial charge >= 0.3 is 0 Å². The molecule has 3 heteroatoms. The van der Waals surface area contributed by atoms with Crippen molar-refractivity contribution < 1.29 is 9.59 Å². The van der Waals surface area contributed by atoms with Crippen LogP contribution in [0.1, 0.15) is 24.5 Å². The number of carbonyl (C=O) groups is 2. The monoisotopic (exact) mass is 217 g/mol. The van der Waals surface area contributed by atoms with Gasteiger partial charge in [0.15, 0.2) is 0 Å². The van der Waals surface area contributed by atoms with Gasteiger partial charge in [0.2, 0.25) is 5.91 Å². The minimum atomic E-state index is 0.0892. The summed E-state index contributed by atoms with van der Waals surface area (Å²) in [6.07, 6.45) is 3.18. The Kier molecular flexibility index (Phi) is 3.04. The number of anilines is 1. The van der Waals surface area contributed by atoms with Crippen molar-refractivity contribution in [3.8, 4) is 0 Å². The molecule has 1 aromatic rings. The maximum absolute atomic E-state index is 11.4. The van der Waals surface area contributed by atoms with E-state index in [1.807, 2.05) is 18.2 Å². The van der Waals surface area contributed by atoms with E-state index in [0.29, 0.717) is 6.42 Å². The molecular formula is C13H15NO2. The molecule has 2 rings (SSSR count). The number of hydrogen-bond donors (Lipinski definition) is 0. The van der Waals surface area contributed by atoms with E-state index in [1.54, 1.807) is 11.8 Å². The van der Waals surface area contributed by atoms with Gasteiger partial charge in [-0.2, -0.15) is 0 Å². The Morgan fingerprint density at radius 1 is 1.50 bits per heavy atom. The number of amides is 1. The summed E-state index contributed by atoms with van der Waals surface area (Å²) < 4.78 is 0. The number of rotatable bonds is 3. The highest BCUT2D eigenvalue weighted by molar-refractivity contribution is 5.94. The predicted octanol–water partition coefficient (Wildman–Crippen LogP) is 1.73. The van der Waals surface area contributed by atoms with Crippen molar-refractivity contribution in [3.63, 3.8) is 0 Å². The highest BCUT2D eigenvalue weighted by Gasteiger charge is 2.23. The second-order valence-corrected chi connectivity index (χ2v) is 4.04.